The van der Waals surface area contributed by atoms with E-state index in [0.717, 1.165) is 19.4 Å². The van der Waals surface area contributed by atoms with E-state index in [1.165, 1.54) is 23.8 Å². The third-order valence-electron chi connectivity index (χ3n) is 4.15. The third-order valence-corrected chi connectivity index (χ3v) is 5.26. The van der Waals surface area contributed by atoms with E-state index in [1.54, 1.807) is 23.7 Å². The van der Waals surface area contributed by atoms with Gasteiger partial charge in [0.05, 0.1) is 6.26 Å². The second kappa shape index (κ2) is 6.31. The van der Waals surface area contributed by atoms with Gasteiger partial charge in [0, 0.05) is 22.9 Å². The van der Waals surface area contributed by atoms with Gasteiger partial charge in [0.25, 0.3) is 0 Å². The first-order valence-corrected chi connectivity index (χ1v) is 8.20. The number of thiophene rings is 1. The second-order valence-electron chi connectivity index (χ2n) is 5.53. The molecular weight excluding hydrogens is 282 g/mol. The molecule has 3 rings (SSSR count). The minimum Gasteiger partial charge on any atom is -0.465 e. The summed E-state index contributed by atoms with van der Waals surface area (Å²) in [4.78, 5) is 13.4. The summed E-state index contributed by atoms with van der Waals surface area (Å²) in [5.41, 5.74) is 0.141. The average Bonchev–Trinajstić information content (AvgIpc) is 3.25. The van der Waals surface area contributed by atoms with Crippen molar-refractivity contribution in [2.24, 2.45) is 0 Å². The molecule has 0 radical (unpaired) electrons. The number of carbonyl (C=O) groups is 1. The third kappa shape index (κ3) is 3.27. The van der Waals surface area contributed by atoms with E-state index in [1.807, 2.05) is 12.1 Å². The van der Waals surface area contributed by atoms with Crippen molar-refractivity contribution in [2.75, 3.05) is 6.54 Å². The monoisotopic (exact) mass is 301 g/mol. The molecule has 3 nitrogen and oxygen atoms in total. The minimum absolute atomic E-state index is 0.0609. The molecule has 1 fully saturated rings. The van der Waals surface area contributed by atoms with Crippen LogP contribution < -0.4 is 5.32 Å². The maximum absolute atomic E-state index is 12.0. The van der Waals surface area contributed by atoms with Crippen molar-refractivity contribution in [3.8, 4) is 0 Å². The van der Waals surface area contributed by atoms with Crippen LogP contribution in [0.1, 0.15) is 36.3 Å². The maximum atomic E-state index is 12.0. The molecule has 0 aliphatic heterocycles. The summed E-state index contributed by atoms with van der Waals surface area (Å²) in [7, 11) is 0. The van der Waals surface area contributed by atoms with Gasteiger partial charge in [-0.05, 0) is 42.5 Å². The molecule has 1 aliphatic rings. The Morgan fingerprint density at radius 3 is 2.86 bits per heavy atom. The van der Waals surface area contributed by atoms with Gasteiger partial charge >= 0.3 is 0 Å². The first-order valence-electron chi connectivity index (χ1n) is 7.32. The molecular formula is C17H19NO2S. The maximum Gasteiger partial charge on any atom is 0.244 e. The highest BCUT2D eigenvalue weighted by Crippen LogP contribution is 2.42. The fraction of sp³-hybridized carbons (Fsp3) is 0.353. The van der Waals surface area contributed by atoms with Gasteiger partial charge in [-0.15, -0.1) is 11.3 Å². The molecule has 2 heterocycles. The van der Waals surface area contributed by atoms with Crippen LogP contribution in [0.25, 0.3) is 6.08 Å². The van der Waals surface area contributed by atoms with Gasteiger partial charge in [-0.3, -0.25) is 4.79 Å². The smallest absolute Gasteiger partial charge is 0.244 e. The number of carbonyl (C=O) groups excluding carboxylic acids is 1. The van der Waals surface area contributed by atoms with Crippen LogP contribution >= 0.6 is 11.3 Å². The molecule has 0 aromatic carbocycles. The van der Waals surface area contributed by atoms with Crippen molar-refractivity contribution in [1.29, 1.82) is 0 Å². The van der Waals surface area contributed by atoms with E-state index < -0.39 is 0 Å². The molecule has 0 unspecified atom stereocenters. The van der Waals surface area contributed by atoms with E-state index in [2.05, 4.69) is 22.8 Å². The number of hydrogen-bond acceptors (Lipinski definition) is 3. The van der Waals surface area contributed by atoms with E-state index in [-0.39, 0.29) is 11.3 Å². The molecule has 0 saturated heterocycles. The summed E-state index contributed by atoms with van der Waals surface area (Å²) < 4.78 is 5.18. The van der Waals surface area contributed by atoms with Crippen molar-refractivity contribution in [2.45, 2.75) is 31.1 Å². The molecule has 2 aromatic rings. The second-order valence-corrected chi connectivity index (χ2v) is 6.48. The topological polar surface area (TPSA) is 42.2 Å². The highest BCUT2D eigenvalue weighted by molar-refractivity contribution is 7.10. The Morgan fingerprint density at radius 1 is 1.33 bits per heavy atom. The Kier molecular flexibility index (Phi) is 4.25. The zero-order chi connectivity index (χ0) is 14.5. The first-order chi connectivity index (χ1) is 10.3. The molecule has 1 saturated carbocycles. The van der Waals surface area contributed by atoms with Gasteiger partial charge in [0.15, 0.2) is 0 Å². The van der Waals surface area contributed by atoms with Crippen LogP contribution in [0.5, 0.6) is 0 Å². The normalized spacial score (nSPS) is 17.3. The van der Waals surface area contributed by atoms with Crippen molar-refractivity contribution >= 4 is 23.3 Å². The summed E-state index contributed by atoms with van der Waals surface area (Å²) in [6.45, 7) is 0.717. The van der Waals surface area contributed by atoms with Gasteiger partial charge in [-0.25, -0.2) is 0 Å². The predicted molar refractivity (Wildman–Crippen MR) is 85.2 cm³/mol. The van der Waals surface area contributed by atoms with Crippen LogP contribution in [0, 0.1) is 0 Å². The standard InChI is InChI=1S/C17H19NO2S/c19-16(8-7-14-5-3-11-20-14)18-13-17(9-1-2-10-17)15-6-4-12-21-15/h3-8,11-12H,1-2,9-10,13H2,(H,18,19)/b8-7+. The highest BCUT2D eigenvalue weighted by atomic mass is 32.1. The fourth-order valence-corrected chi connectivity index (χ4v) is 3.99. The Bertz CT molecular complexity index is 593. The fourth-order valence-electron chi connectivity index (χ4n) is 3.00. The van der Waals surface area contributed by atoms with E-state index in [0.29, 0.717) is 5.76 Å². The van der Waals surface area contributed by atoms with E-state index in [9.17, 15) is 4.79 Å². The molecule has 1 amide bonds. The van der Waals surface area contributed by atoms with Gasteiger partial charge in [-0.2, -0.15) is 0 Å². The molecule has 110 valence electrons. The Morgan fingerprint density at radius 2 is 2.19 bits per heavy atom. The number of furan rings is 1. The SMILES string of the molecule is O=C(/C=C/c1ccco1)NCC1(c2cccs2)CCCC1. The average molecular weight is 301 g/mol. The Labute approximate surface area is 128 Å². The summed E-state index contributed by atoms with van der Waals surface area (Å²) in [5.74, 6) is 0.633. The predicted octanol–water partition coefficient (Wildman–Crippen LogP) is 3.98. The van der Waals surface area contributed by atoms with Crippen LogP contribution in [0.15, 0.2) is 46.4 Å². The molecule has 1 aliphatic carbocycles. The summed E-state index contributed by atoms with van der Waals surface area (Å²) in [6.07, 6.45) is 9.65. The van der Waals surface area contributed by atoms with Crippen LogP contribution in [-0.4, -0.2) is 12.5 Å². The number of rotatable bonds is 5. The quantitative estimate of drug-likeness (QED) is 0.849. The van der Waals surface area contributed by atoms with Gasteiger partial charge in [-0.1, -0.05) is 18.9 Å². The molecule has 0 bridgehead atoms. The zero-order valence-corrected chi connectivity index (χ0v) is 12.7. The lowest BCUT2D eigenvalue weighted by Crippen LogP contribution is -2.37. The largest absolute Gasteiger partial charge is 0.465 e. The van der Waals surface area contributed by atoms with E-state index >= 15 is 0 Å². The number of hydrogen-bond donors (Lipinski definition) is 1. The van der Waals surface area contributed by atoms with Crippen molar-refractivity contribution in [3.63, 3.8) is 0 Å². The number of nitrogens with one attached hydrogen (secondary N) is 1. The van der Waals surface area contributed by atoms with Gasteiger partial charge in [0.2, 0.25) is 5.91 Å². The number of amides is 1. The van der Waals surface area contributed by atoms with Gasteiger partial charge in [0.1, 0.15) is 5.76 Å². The first kappa shape index (κ1) is 14.1. The molecule has 2 aromatic heterocycles. The van der Waals surface area contributed by atoms with Gasteiger partial charge < -0.3 is 9.73 Å². The lowest BCUT2D eigenvalue weighted by Gasteiger charge is -2.27. The summed E-state index contributed by atoms with van der Waals surface area (Å²) in [5, 5.41) is 5.17. The summed E-state index contributed by atoms with van der Waals surface area (Å²) in [6, 6.07) is 7.93. The Hall–Kier alpha value is -1.81. The summed E-state index contributed by atoms with van der Waals surface area (Å²) >= 11 is 1.80. The Balaban J connectivity index is 1.61. The molecule has 0 spiro atoms. The van der Waals surface area contributed by atoms with Crippen LogP contribution in [0.2, 0.25) is 0 Å². The van der Waals surface area contributed by atoms with Crippen molar-refractivity contribution < 1.29 is 9.21 Å². The molecule has 0 atom stereocenters. The zero-order valence-electron chi connectivity index (χ0n) is 11.9. The van der Waals surface area contributed by atoms with Crippen molar-refractivity contribution in [1.82, 2.24) is 5.32 Å². The van der Waals surface area contributed by atoms with Crippen molar-refractivity contribution in [3.05, 3.63) is 52.6 Å². The minimum atomic E-state index is -0.0609. The highest BCUT2D eigenvalue weighted by Gasteiger charge is 2.36. The van der Waals surface area contributed by atoms with Crippen LogP contribution in [-0.2, 0) is 10.2 Å². The molecule has 4 heteroatoms. The molecule has 1 N–H and O–H groups in total. The lowest BCUT2D eigenvalue weighted by atomic mass is 9.84. The molecule has 21 heavy (non-hydrogen) atoms. The van der Waals surface area contributed by atoms with E-state index in [4.69, 9.17) is 4.42 Å². The van der Waals surface area contributed by atoms with Crippen LogP contribution in [0.4, 0.5) is 0 Å². The van der Waals surface area contributed by atoms with Crippen LogP contribution in [0.3, 0.4) is 0 Å². The lowest BCUT2D eigenvalue weighted by molar-refractivity contribution is -0.116.